The van der Waals surface area contributed by atoms with Crippen LogP contribution in [0.1, 0.15) is 33.6 Å². The van der Waals surface area contributed by atoms with Crippen molar-refractivity contribution in [2.24, 2.45) is 0 Å². The van der Waals surface area contributed by atoms with Crippen molar-refractivity contribution >= 4 is 17.8 Å². The van der Waals surface area contributed by atoms with Crippen LogP contribution in [0.5, 0.6) is 0 Å². The van der Waals surface area contributed by atoms with Gasteiger partial charge in [-0.3, -0.25) is 0 Å². The van der Waals surface area contributed by atoms with E-state index in [2.05, 4.69) is 26.1 Å². The zero-order valence-electron chi connectivity index (χ0n) is 10.0. The van der Waals surface area contributed by atoms with Crippen molar-refractivity contribution in [2.45, 2.75) is 38.4 Å². The third-order valence-corrected chi connectivity index (χ3v) is 4.02. The number of carbonyl (C=O) groups excluding carboxylic acids is 1. The van der Waals surface area contributed by atoms with Gasteiger partial charge in [-0.2, -0.15) is 11.8 Å². The van der Waals surface area contributed by atoms with Crippen molar-refractivity contribution in [1.29, 1.82) is 0 Å². The Morgan fingerprint density at radius 3 is 2.87 bits per heavy atom. The van der Waals surface area contributed by atoms with Gasteiger partial charge in [-0.05, 0) is 12.8 Å². The first kappa shape index (κ1) is 12.7. The van der Waals surface area contributed by atoms with Gasteiger partial charge >= 0.3 is 6.03 Å². The van der Waals surface area contributed by atoms with Crippen LogP contribution in [0.2, 0.25) is 0 Å². The van der Waals surface area contributed by atoms with Gasteiger partial charge in [0.05, 0.1) is 0 Å². The first-order valence-corrected chi connectivity index (χ1v) is 6.70. The van der Waals surface area contributed by atoms with E-state index in [-0.39, 0.29) is 6.03 Å². The summed E-state index contributed by atoms with van der Waals surface area (Å²) in [4.78, 5) is 13.7. The number of hydrogen-bond donors (Lipinski definition) is 1. The molecular formula is C11H22N2OS. The van der Waals surface area contributed by atoms with E-state index in [0.717, 1.165) is 38.2 Å². The lowest BCUT2D eigenvalue weighted by atomic mass is 10.1. The van der Waals surface area contributed by atoms with Gasteiger partial charge in [0.25, 0.3) is 0 Å². The molecule has 0 aromatic rings. The second-order valence-corrected chi connectivity index (χ2v) is 6.38. The summed E-state index contributed by atoms with van der Waals surface area (Å²) < 4.78 is 0.319. The number of hydrogen-bond acceptors (Lipinski definition) is 2. The maximum Gasteiger partial charge on any atom is 0.317 e. The van der Waals surface area contributed by atoms with Crippen LogP contribution in [0.4, 0.5) is 4.79 Å². The molecule has 1 fully saturated rings. The standard InChI is InChI=1S/C11H22N2OS/c1-4-6-12-10(14)13-7-5-11(2,3)15-9-8-13/h4-9H2,1-3H3,(H,12,14). The third kappa shape index (κ3) is 4.33. The van der Waals surface area contributed by atoms with Crippen LogP contribution in [-0.2, 0) is 0 Å². The molecule has 2 amide bonds. The average molecular weight is 230 g/mol. The number of urea groups is 1. The molecule has 3 nitrogen and oxygen atoms in total. The summed E-state index contributed by atoms with van der Waals surface area (Å²) in [6, 6.07) is 0.107. The van der Waals surface area contributed by atoms with Gasteiger partial charge in [0.15, 0.2) is 0 Å². The van der Waals surface area contributed by atoms with Crippen molar-refractivity contribution in [2.75, 3.05) is 25.4 Å². The summed E-state index contributed by atoms with van der Waals surface area (Å²) in [6.07, 6.45) is 2.08. The van der Waals surface area contributed by atoms with Crippen LogP contribution in [0.3, 0.4) is 0 Å². The van der Waals surface area contributed by atoms with E-state index in [0.29, 0.717) is 4.75 Å². The van der Waals surface area contributed by atoms with Crippen LogP contribution in [0, 0.1) is 0 Å². The van der Waals surface area contributed by atoms with E-state index in [1.165, 1.54) is 0 Å². The number of thioether (sulfide) groups is 1. The molecule has 4 heteroatoms. The fourth-order valence-electron chi connectivity index (χ4n) is 1.57. The molecule has 15 heavy (non-hydrogen) atoms. The first-order chi connectivity index (χ1) is 7.05. The van der Waals surface area contributed by atoms with Crippen molar-refractivity contribution < 1.29 is 4.79 Å². The lowest BCUT2D eigenvalue weighted by molar-refractivity contribution is 0.200. The Hall–Kier alpha value is -0.380. The van der Waals surface area contributed by atoms with Crippen LogP contribution in [0.25, 0.3) is 0 Å². The molecular weight excluding hydrogens is 208 g/mol. The van der Waals surface area contributed by atoms with Crippen LogP contribution in [0.15, 0.2) is 0 Å². The molecule has 0 radical (unpaired) electrons. The highest BCUT2D eigenvalue weighted by Gasteiger charge is 2.25. The largest absolute Gasteiger partial charge is 0.338 e. The van der Waals surface area contributed by atoms with E-state index >= 15 is 0 Å². The predicted molar refractivity (Wildman–Crippen MR) is 66.4 cm³/mol. The molecule has 88 valence electrons. The minimum Gasteiger partial charge on any atom is -0.338 e. The Bertz CT molecular complexity index is 219. The molecule has 0 saturated carbocycles. The third-order valence-electron chi connectivity index (χ3n) is 2.65. The molecule has 0 bridgehead atoms. The van der Waals surface area contributed by atoms with Gasteiger partial charge in [-0.1, -0.05) is 20.8 Å². The monoisotopic (exact) mass is 230 g/mol. The van der Waals surface area contributed by atoms with Crippen LogP contribution in [-0.4, -0.2) is 41.1 Å². The molecule has 1 aliphatic rings. The zero-order chi connectivity index (χ0) is 11.3. The van der Waals surface area contributed by atoms with E-state index in [9.17, 15) is 4.79 Å². The highest BCUT2D eigenvalue weighted by atomic mass is 32.2. The molecule has 0 atom stereocenters. The van der Waals surface area contributed by atoms with Gasteiger partial charge in [0, 0.05) is 30.1 Å². The van der Waals surface area contributed by atoms with E-state index in [1.807, 2.05) is 16.7 Å². The fourth-order valence-corrected chi connectivity index (χ4v) is 2.67. The van der Waals surface area contributed by atoms with Crippen LogP contribution < -0.4 is 5.32 Å². The Balaban J connectivity index is 2.40. The fraction of sp³-hybridized carbons (Fsp3) is 0.909. The second kappa shape index (κ2) is 5.64. The molecule has 0 aliphatic carbocycles. The van der Waals surface area contributed by atoms with Gasteiger partial charge in [-0.15, -0.1) is 0 Å². The molecule has 1 aliphatic heterocycles. The van der Waals surface area contributed by atoms with Crippen LogP contribution >= 0.6 is 11.8 Å². The Kier molecular flexibility index (Phi) is 4.77. The summed E-state index contributed by atoms with van der Waals surface area (Å²) >= 11 is 1.96. The van der Waals surface area contributed by atoms with Crippen molar-refractivity contribution in [1.82, 2.24) is 10.2 Å². The van der Waals surface area contributed by atoms with Gasteiger partial charge in [-0.25, -0.2) is 4.79 Å². The lowest BCUT2D eigenvalue weighted by Crippen LogP contribution is -2.41. The van der Waals surface area contributed by atoms with Gasteiger partial charge in [0.1, 0.15) is 0 Å². The molecule has 0 aromatic heterocycles. The van der Waals surface area contributed by atoms with Gasteiger partial charge < -0.3 is 10.2 Å². The summed E-state index contributed by atoms with van der Waals surface area (Å²) in [5, 5.41) is 2.93. The molecule has 1 N–H and O–H groups in total. The highest BCUT2D eigenvalue weighted by Crippen LogP contribution is 2.30. The summed E-state index contributed by atoms with van der Waals surface area (Å²) in [5.74, 6) is 1.05. The number of carbonyl (C=O) groups is 1. The maximum absolute atomic E-state index is 11.7. The minimum absolute atomic E-state index is 0.107. The summed E-state index contributed by atoms with van der Waals surface area (Å²) in [6.45, 7) is 9.13. The van der Waals surface area contributed by atoms with Gasteiger partial charge in [0.2, 0.25) is 0 Å². The van der Waals surface area contributed by atoms with Crippen molar-refractivity contribution in [3.8, 4) is 0 Å². The number of amides is 2. The Morgan fingerprint density at radius 2 is 2.20 bits per heavy atom. The smallest absolute Gasteiger partial charge is 0.317 e. The Morgan fingerprint density at radius 1 is 1.47 bits per heavy atom. The van der Waals surface area contributed by atoms with E-state index < -0.39 is 0 Å². The molecule has 1 heterocycles. The lowest BCUT2D eigenvalue weighted by Gasteiger charge is -2.22. The topological polar surface area (TPSA) is 32.3 Å². The molecule has 0 aromatic carbocycles. The maximum atomic E-state index is 11.7. The van der Waals surface area contributed by atoms with Crippen molar-refractivity contribution in [3.05, 3.63) is 0 Å². The quantitative estimate of drug-likeness (QED) is 0.789. The van der Waals surface area contributed by atoms with Crippen molar-refractivity contribution in [3.63, 3.8) is 0 Å². The average Bonchev–Trinajstić information content (AvgIpc) is 2.36. The number of nitrogens with zero attached hydrogens (tertiary/aromatic N) is 1. The predicted octanol–water partition coefficient (Wildman–Crippen LogP) is 2.32. The SMILES string of the molecule is CCCNC(=O)N1CCSC(C)(C)CC1. The Labute approximate surface area is 97.0 Å². The van der Waals surface area contributed by atoms with E-state index in [4.69, 9.17) is 0 Å². The molecule has 0 unspecified atom stereocenters. The number of rotatable bonds is 2. The highest BCUT2D eigenvalue weighted by molar-refractivity contribution is 8.00. The minimum atomic E-state index is 0.107. The zero-order valence-corrected chi connectivity index (χ0v) is 10.8. The van der Waals surface area contributed by atoms with E-state index in [1.54, 1.807) is 0 Å². The normalized spacial score (nSPS) is 20.9. The molecule has 0 spiro atoms. The second-order valence-electron chi connectivity index (χ2n) is 4.58. The molecule has 1 saturated heterocycles. The number of nitrogens with one attached hydrogen (secondary N) is 1. The summed E-state index contributed by atoms with van der Waals surface area (Å²) in [5.41, 5.74) is 0. The first-order valence-electron chi connectivity index (χ1n) is 5.72. The summed E-state index contributed by atoms with van der Waals surface area (Å²) in [7, 11) is 0. The molecule has 1 rings (SSSR count).